The summed E-state index contributed by atoms with van der Waals surface area (Å²) < 4.78 is 11.2. The van der Waals surface area contributed by atoms with Crippen LogP contribution in [-0.4, -0.2) is 25.3 Å². The monoisotopic (exact) mass is 314 g/mol. The first-order chi connectivity index (χ1) is 11.1. The molecule has 2 aromatic rings. The van der Waals surface area contributed by atoms with Crippen LogP contribution in [-0.2, 0) is 0 Å². The van der Waals surface area contributed by atoms with Crippen molar-refractivity contribution in [2.45, 2.75) is 20.0 Å². The SMILES string of the molecule is CC(C)Oc1ccccc1NC(=O)NCCOc1ccccc1. The number of hydrogen-bond donors (Lipinski definition) is 2. The van der Waals surface area contributed by atoms with E-state index in [2.05, 4.69) is 10.6 Å². The minimum absolute atomic E-state index is 0.0419. The van der Waals surface area contributed by atoms with Gasteiger partial charge < -0.3 is 20.1 Å². The number of benzene rings is 2. The lowest BCUT2D eigenvalue weighted by atomic mass is 10.3. The predicted octanol–water partition coefficient (Wildman–Crippen LogP) is 3.67. The Morgan fingerprint density at radius 1 is 1.04 bits per heavy atom. The molecular formula is C18H22N2O3. The zero-order valence-electron chi connectivity index (χ0n) is 13.4. The Kier molecular flexibility index (Phi) is 6.29. The van der Waals surface area contributed by atoms with Gasteiger partial charge in [-0.05, 0) is 38.1 Å². The molecule has 0 aromatic heterocycles. The molecule has 122 valence electrons. The molecule has 0 atom stereocenters. The topological polar surface area (TPSA) is 59.6 Å². The third-order valence-corrected chi connectivity index (χ3v) is 2.90. The second-order valence-electron chi connectivity index (χ2n) is 5.21. The van der Waals surface area contributed by atoms with Gasteiger partial charge in [-0.1, -0.05) is 30.3 Å². The number of anilines is 1. The number of urea groups is 1. The molecule has 0 aliphatic heterocycles. The Morgan fingerprint density at radius 3 is 2.48 bits per heavy atom. The zero-order valence-corrected chi connectivity index (χ0v) is 13.4. The average molecular weight is 314 g/mol. The zero-order chi connectivity index (χ0) is 16.5. The molecule has 0 saturated heterocycles. The van der Waals surface area contributed by atoms with Crippen LogP contribution in [0.1, 0.15) is 13.8 Å². The van der Waals surface area contributed by atoms with E-state index in [4.69, 9.17) is 9.47 Å². The highest BCUT2D eigenvalue weighted by Crippen LogP contribution is 2.24. The standard InChI is InChI=1S/C18H22N2O3/c1-14(2)23-17-11-7-6-10-16(17)20-18(21)19-12-13-22-15-8-4-3-5-9-15/h3-11,14H,12-13H2,1-2H3,(H2,19,20,21). The molecule has 0 unspecified atom stereocenters. The highest BCUT2D eigenvalue weighted by atomic mass is 16.5. The van der Waals surface area contributed by atoms with Gasteiger partial charge in [-0.15, -0.1) is 0 Å². The van der Waals surface area contributed by atoms with E-state index in [1.807, 2.05) is 62.4 Å². The lowest BCUT2D eigenvalue weighted by Gasteiger charge is -2.15. The van der Waals surface area contributed by atoms with Gasteiger partial charge in [0.25, 0.3) is 0 Å². The van der Waals surface area contributed by atoms with Crippen LogP contribution in [0.3, 0.4) is 0 Å². The molecule has 2 N–H and O–H groups in total. The molecule has 0 saturated carbocycles. The number of rotatable bonds is 7. The van der Waals surface area contributed by atoms with Gasteiger partial charge in [0.2, 0.25) is 0 Å². The van der Waals surface area contributed by atoms with Crippen LogP contribution in [0.4, 0.5) is 10.5 Å². The molecule has 5 heteroatoms. The van der Waals surface area contributed by atoms with Crippen molar-refractivity contribution in [1.82, 2.24) is 5.32 Å². The van der Waals surface area contributed by atoms with Gasteiger partial charge in [-0.25, -0.2) is 4.79 Å². The summed E-state index contributed by atoms with van der Waals surface area (Å²) in [6, 6.07) is 16.5. The summed E-state index contributed by atoms with van der Waals surface area (Å²) in [5, 5.41) is 5.54. The summed E-state index contributed by atoms with van der Waals surface area (Å²) in [6.07, 6.45) is 0.0419. The first-order valence-electron chi connectivity index (χ1n) is 7.63. The van der Waals surface area contributed by atoms with Crippen molar-refractivity contribution in [2.75, 3.05) is 18.5 Å². The molecule has 0 aliphatic rings. The lowest BCUT2D eigenvalue weighted by molar-refractivity contribution is 0.240. The van der Waals surface area contributed by atoms with Crippen LogP contribution in [0, 0.1) is 0 Å². The lowest BCUT2D eigenvalue weighted by Crippen LogP contribution is -2.32. The summed E-state index contributed by atoms with van der Waals surface area (Å²) in [7, 11) is 0. The summed E-state index contributed by atoms with van der Waals surface area (Å²) in [5.74, 6) is 1.43. The van der Waals surface area contributed by atoms with Gasteiger partial charge in [0, 0.05) is 0 Å². The number of para-hydroxylation sites is 3. The van der Waals surface area contributed by atoms with Gasteiger partial charge in [0.15, 0.2) is 0 Å². The van der Waals surface area contributed by atoms with Gasteiger partial charge in [0.1, 0.15) is 18.1 Å². The predicted molar refractivity (Wildman–Crippen MR) is 91.2 cm³/mol. The van der Waals surface area contributed by atoms with Crippen molar-refractivity contribution >= 4 is 11.7 Å². The van der Waals surface area contributed by atoms with E-state index in [1.165, 1.54) is 0 Å². The molecule has 0 spiro atoms. The maximum Gasteiger partial charge on any atom is 0.319 e. The van der Waals surface area contributed by atoms with E-state index < -0.39 is 0 Å². The molecule has 0 bridgehead atoms. The third-order valence-electron chi connectivity index (χ3n) is 2.90. The molecule has 0 fully saturated rings. The van der Waals surface area contributed by atoms with E-state index >= 15 is 0 Å². The molecule has 0 aliphatic carbocycles. The van der Waals surface area contributed by atoms with Crippen LogP contribution in [0.2, 0.25) is 0 Å². The van der Waals surface area contributed by atoms with E-state index in [9.17, 15) is 4.79 Å². The van der Waals surface area contributed by atoms with Crippen LogP contribution < -0.4 is 20.1 Å². The van der Waals surface area contributed by atoms with Gasteiger partial charge in [-0.3, -0.25) is 0 Å². The average Bonchev–Trinajstić information content (AvgIpc) is 2.54. The molecular weight excluding hydrogens is 292 g/mol. The fourth-order valence-corrected chi connectivity index (χ4v) is 1.94. The van der Waals surface area contributed by atoms with Crippen molar-refractivity contribution in [3.05, 3.63) is 54.6 Å². The third kappa shape index (κ3) is 5.90. The molecule has 23 heavy (non-hydrogen) atoms. The number of hydrogen-bond acceptors (Lipinski definition) is 3. The summed E-state index contributed by atoms with van der Waals surface area (Å²) in [4.78, 5) is 11.9. The molecule has 2 rings (SSSR count). The summed E-state index contributed by atoms with van der Waals surface area (Å²) in [6.45, 7) is 4.70. The van der Waals surface area contributed by atoms with E-state index in [0.29, 0.717) is 24.6 Å². The highest BCUT2D eigenvalue weighted by molar-refractivity contribution is 5.90. The minimum atomic E-state index is -0.290. The first kappa shape index (κ1) is 16.7. The van der Waals surface area contributed by atoms with Crippen LogP contribution in [0.5, 0.6) is 11.5 Å². The summed E-state index contributed by atoms with van der Waals surface area (Å²) >= 11 is 0. The van der Waals surface area contributed by atoms with Gasteiger partial charge >= 0.3 is 6.03 Å². The molecule has 0 heterocycles. The second kappa shape index (κ2) is 8.68. The smallest absolute Gasteiger partial charge is 0.319 e. The quantitative estimate of drug-likeness (QED) is 0.767. The Labute approximate surface area is 136 Å². The van der Waals surface area contributed by atoms with E-state index in [-0.39, 0.29) is 12.1 Å². The van der Waals surface area contributed by atoms with Crippen LogP contribution in [0.15, 0.2) is 54.6 Å². The molecule has 2 amide bonds. The van der Waals surface area contributed by atoms with Crippen molar-refractivity contribution in [3.8, 4) is 11.5 Å². The number of ether oxygens (including phenoxy) is 2. The van der Waals surface area contributed by atoms with Gasteiger partial charge in [0.05, 0.1) is 18.3 Å². The number of nitrogens with one attached hydrogen (secondary N) is 2. The van der Waals surface area contributed by atoms with Crippen molar-refractivity contribution in [3.63, 3.8) is 0 Å². The molecule has 0 radical (unpaired) electrons. The largest absolute Gasteiger partial charge is 0.492 e. The van der Waals surface area contributed by atoms with Crippen molar-refractivity contribution in [2.24, 2.45) is 0 Å². The Morgan fingerprint density at radius 2 is 1.74 bits per heavy atom. The van der Waals surface area contributed by atoms with Crippen LogP contribution in [0.25, 0.3) is 0 Å². The summed E-state index contributed by atoms with van der Waals surface area (Å²) in [5.41, 5.74) is 0.641. The van der Waals surface area contributed by atoms with Gasteiger partial charge in [-0.2, -0.15) is 0 Å². The number of carbonyl (C=O) groups excluding carboxylic acids is 1. The molecule has 5 nitrogen and oxygen atoms in total. The fourth-order valence-electron chi connectivity index (χ4n) is 1.94. The Hall–Kier alpha value is -2.69. The minimum Gasteiger partial charge on any atom is -0.492 e. The molecule has 2 aromatic carbocycles. The first-order valence-corrected chi connectivity index (χ1v) is 7.63. The van der Waals surface area contributed by atoms with E-state index in [1.54, 1.807) is 6.07 Å². The van der Waals surface area contributed by atoms with E-state index in [0.717, 1.165) is 5.75 Å². The highest BCUT2D eigenvalue weighted by Gasteiger charge is 2.08. The number of carbonyl (C=O) groups is 1. The van der Waals surface area contributed by atoms with Crippen molar-refractivity contribution < 1.29 is 14.3 Å². The second-order valence-corrected chi connectivity index (χ2v) is 5.21. The normalized spacial score (nSPS) is 10.2. The Bertz CT molecular complexity index is 615. The fraction of sp³-hybridized carbons (Fsp3) is 0.278. The number of amides is 2. The Balaban J connectivity index is 1.76. The maximum atomic E-state index is 11.9. The van der Waals surface area contributed by atoms with Crippen LogP contribution >= 0.6 is 0 Å². The maximum absolute atomic E-state index is 11.9. The van der Waals surface area contributed by atoms with Crippen molar-refractivity contribution in [1.29, 1.82) is 0 Å².